The molecule has 1 aromatic heterocycles. The zero-order valence-corrected chi connectivity index (χ0v) is 10.7. The van der Waals surface area contributed by atoms with E-state index in [1.54, 1.807) is 23.6 Å². The summed E-state index contributed by atoms with van der Waals surface area (Å²) < 4.78 is 0. The van der Waals surface area contributed by atoms with Crippen molar-refractivity contribution in [1.29, 1.82) is 0 Å². The highest BCUT2D eigenvalue weighted by atomic mass is 32.1. The first-order valence-corrected chi connectivity index (χ1v) is 6.45. The van der Waals surface area contributed by atoms with E-state index >= 15 is 0 Å². The Kier molecular flexibility index (Phi) is 3.59. The number of nitrogens with zero attached hydrogens (tertiary/aromatic N) is 1. The quantitative estimate of drug-likeness (QED) is 0.881. The highest BCUT2D eigenvalue weighted by Gasteiger charge is 2.05. The normalized spacial score (nSPS) is 11.5. The molecule has 17 heavy (non-hydrogen) atoms. The second-order valence-corrected chi connectivity index (χ2v) is 5.10. The average molecular weight is 245 g/mol. The van der Waals surface area contributed by atoms with Gasteiger partial charge in [0, 0.05) is 11.6 Å². The fourth-order valence-corrected chi connectivity index (χ4v) is 2.17. The van der Waals surface area contributed by atoms with Crippen molar-refractivity contribution in [1.82, 2.24) is 4.98 Å². The van der Waals surface area contributed by atoms with Gasteiger partial charge in [0.15, 0.2) is 0 Å². The van der Waals surface area contributed by atoms with Crippen LogP contribution < -0.4 is 0 Å². The van der Waals surface area contributed by atoms with Crippen LogP contribution in [0.3, 0.4) is 0 Å². The number of rotatable bonds is 3. The van der Waals surface area contributed by atoms with E-state index in [1.807, 2.05) is 29.7 Å². The Morgan fingerprint density at radius 3 is 2.71 bits per heavy atom. The number of aromatic nitrogens is 1. The lowest BCUT2D eigenvalue weighted by molar-refractivity contribution is 0.465. The fourth-order valence-electron chi connectivity index (χ4n) is 1.64. The molecular formula is C14H15NOS. The van der Waals surface area contributed by atoms with E-state index in [0.29, 0.717) is 11.7 Å². The van der Waals surface area contributed by atoms with Crippen molar-refractivity contribution >= 4 is 23.5 Å². The van der Waals surface area contributed by atoms with Crippen molar-refractivity contribution in [3.8, 4) is 5.75 Å². The van der Waals surface area contributed by atoms with Gasteiger partial charge in [-0.05, 0) is 29.2 Å². The molecule has 1 N–H and O–H groups in total. The van der Waals surface area contributed by atoms with Crippen LogP contribution in [0, 0.1) is 0 Å². The van der Waals surface area contributed by atoms with Crippen LogP contribution >= 0.6 is 11.3 Å². The second-order valence-electron chi connectivity index (χ2n) is 4.18. The molecule has 0 atom stereocenters. The van der Waals surface area contributed by atoms with Gasteiger partial charge in [0.1, 0.15) is 10.8 Å². The van der Waals surface area contributed by atoms with Gasteiger partial charge in [0.2, 0.25) is 0 Å². The van der Waals surface area contributed by atoms with Crippen LogP contribution in [0.2, 0.25) is 0 Å². The number of phenols is 1. The lowest BCUT2D eigenvalue weighted by Crippen LogP contribution is -1.88. The Hall–Kier alpha value is -1.61. The van der Waals surface area contributed by atoms with E-state index in [0.717, 1.165) is 16.1 Å². The molecule has 1 aromatic carbocycles. The van der Waals surface area contributed by atoms with Gasteiger partial charge < -0.3 is 5.11 Å². The minimum Gasteiger partial charge on any atom is -0.508 e. The van der Waals surface area contributed by atoms with Crippen molar-refractivity contribution in [3.63, 3.8) is 0 Å². The van der Waals surface area contributed by atoms with E-state index in [4.69, 9.17) is 0 Å². The van der Waals surface area contributed by atoms with Gasteiger partial charge in [-0.2, -0.15) is 0 Å². The van der Waals surface area contributed by atoms with Crippen LogP contribution in [0.1, 0.15) is 35.9 Å². The number of aromatic hydroxyl groups is 1. The molecule has 0 saturated carbocycles. The summed E-state index contributed by atoms with van der Waals surface area (Å²) in [6.07, 6.45) is 5.70. The van der Waals surface area contributed by atoms with Crippen molar-refractivity contribution in [3.05, 3.63) is 45.9 Å². The smallest absolute Gasteiger partial charge is 0.119 e. The Labute approximate surface area is 105 Å². The standard InChI is InChI=1S/C14H15NOS/c1-10(2)12-5-3-11(9-13(12)16)4-6-14-15-7-8-17-14/h3-10,16H,1-2H3/b6-4+. The van der Waals surface area contributed by atoms with E-state index in [-0.39, 0.29) is 0 Å². The predicted octanol–water partition coefficient (Wildman–Crippen LogP) is 4.14. The molecule has 2 rings (SSSR count). The highest BCUT2D eigenvalue weighted by Crippen LogP contribution is 2.26. The third-order valence-corrected chi connectivity index (χ3v) is 3.29. The third kappa shape index (κ3) is 2.94. The first kappa shape index (κ1) is 11.9. The van der Waals surface area contributed by atoms with Gasteiger partial charge >= 0.3 is 0 Å². The zero-order valence-electron chi connectivity index (χ0n) is 9.92. The summed E-state index contributed by atoms with van der Waals surface area (Å²) in [5, 5.41) is 12.8. The molecule has 0 fully saturated rings. The second kappa shape index (κ2) is 5.15. The summed E-state index contributed by atoms with van der Waals surface area (Å²) in [4.78, 5) is 4.17. The number of thiazole rings is 1. The SMILES string of the molecule is CC(C)c1ccc(/C=C/c2nccs2)cc1O. The molecule has 0 aliphatic carbocycles. The van der Waals surface area contributed by atoms with E-state index in [2.05, 4.69) is 18.8 Å². The molecule has 0 saturated heterocycles. The molecule has 0 spiro atoms. The molecule has 0 aliphatic rings. The summed E-state index contributed by atoms with van der Waals surface area (Å²) in [6.45, 7) is 4.14. The lowest BCUT2D eigenvalue weighted by Gasteiger charge is -2.08. The molecular weight excluding hydrogens is 230 g/mol. The topological polar surface area (TPSA) is 33.1 Å². The van der Waals surface area contributed by atoms with Crippen LogP contribution in [0.5, 0.6) is 5.75 Å². The fraction of sp³-hybridized carbons (Fsp3) is 0.214. The molecule has 0 aliphatic heterocycles. The molecule has 0 bridgehead atoms. The van der Waals surface area contributed by atoms with Crippen molar-refractivity contribution in [2.45, 2.75) is 19.8 Å². The number of hydrogen-bond donors (Lipinski definition) is 1. The minimum atomic E-state index is 0.340. The van der Waals surface area contributed by atoms with E-state index < -0.39 is 0 Å². The number of phenolic OH excluding ortho intramolecular Hbond substituents is 1. The Morgan fingerprint density at radius 2 is 2.12 bits per heavy atom. The van der Waals surface area contributed by atoms with Crippen LogP contribution in [0.4, 0.5) is 0 Å². The molecule has 0 amide bonds. The first-order valence-electron chi connectivity index (χ1n) is 5.57. The maximum absolute atomic E-state index is 9.87. The molecule has 3 heteroatoms. The monoisotopic (exact) mass is 245 g/mol. The zero-order chi connectivity index (χ0) is 12.3. The summed E-state index contributed by atoms with van der Waals surface area (Å²) in [5.74, 6) is 0.702. The lowest BCUT2D eigenvalue weighted by atomic mass is 10.0. The summed E-state index contributed by atoms with van der Waals surface area (Å²) in [6, 6.07) is 5.78. The van der Waals surface area contributed by atoms with E-state index in [9.17, 15) is 5.11 Å². The molecule has 2 nitrogen and oxygen atoms in total. The summed E-state index contributed by atoms with van der Waals surface area (Å²) >= 11 is 1.59. The van der Waals surface area contributed by atoms with Crippen LogP contribution in [0.15, 0.2) is 29.8 Å². The van der Waals surface area contributed by atoms with Crippen LogP contribution in [0.25, 0.3) is 12.2 Å². The van der Waals surface area contributed by atoms with Crippen molar-refractivity contribution in [2.75, 3.05) is 0 Å². The Bertz CT molecular complexity index is 515. The number of hydrogen-bond acceptors (Lipinski definition) is 3. The van der Waals surface area contributed by atoms with Gasteiger partial charge in [-0.15, -0.1) is 11.3 Å². The minimum absolute atomic E-state index is 0.340. The van der Waals surface area contributed by atoms with Crippen LogP contribution in [-0.4, -0.2) is 10.1 Å². The van der Waals surface area contributed by atoms with Crippen LogP contribution in [-0.2, 0) is 0 Å². The molecule has 0 radical (unpaired) electrons. The Balaban J connectivity index is 2.21. The highest BCUT2D eigenvalue weighted by molar-refractivity contribution is 7.10. The van der Waals surface area contributed by atoms with Gasteiger partial charge in [0.25, 0.3) is 0 Å². The summed E-state index contributed by atoms with van der Waals surface area (Å²) in [5.41, 5.74) is 1.97. The number of benzene rings is 1. The molecule has 0 unspecified atom stereocenters. The molecule has 88 valence electrons. The van der Waals surface area contributed by atoms with Gasteiger partial charge in [-0.3, -0.25) is 0 Å². The largest absolute Gasteiger partial charge is 0.508 e. The van der Waals surface area contributed by atoms with Gasteiger partial charge in [-0.25, -0.2) is 4.98 Å². The summed E-state index contributed by atoms with van der Waals surface area (Å²) in [7, 11) is 0. The molecule has 1 heterocycles. The Morgan fingerprint density at radius 1 is 1.29 bits per heavy atom. The third-order valence-electron chi connectivity index (χ3n) is 2.55. The van der Waals surface area contributed by atoms with Crippen molar-refractivity contribution in [2.24, 2.45) is 0 Å². The maximum Gasteiger partial charge on any atom is 0.119 e. The van der Waals surface area contributed by atoms with E-state index in [1.165, 1.54) is 0 Å². The molecule has 2 aromatic rings. The first-order chi connectivity index (χ1) is 8.16. The van der Waals surface area contributed by atoms with Crippen molar-refractivity contribution < 1.29 is 5.11 Å². The predicted molar refractivity (Wildman–Crippen MR) is 73.2 cm³/mol. The maximum atomic E-state index is 9.87. The van der Waals surface area contributed by atoms with Gasteiger partial charge in [0.05, 0.1) is 0 Å². The average Bonchev–Trinajstić information content (AvgIpc) is 2.78. The van der Waals surface area contributed by atoms with Gasteiger partial charge in [-0.1, -0.05) is 32.1 Å².